The van der Waals surface area contributed by atoms with E-state index in [1.54, 1.807) is 11.6 Å². The third-order valence-electron chi connectivity index (χ3n) is 6.55. The average molecular weight is 491 g/mol. The summed E-state index contributed by atoms with van der Waals surface area (Å²) < 4.78 is 1.62. The van der Waals surface area contributed by atoms with Crippen molar-refractivity contribution in [1.29, 1.82) is 0 Å². The van der Waals surface area contributed by atoms with Gasteiger partial charge in [0, 0.05) is 49.1 Å². The van der Waals surface area contributed by atoms with E-state index in [9.17, 15) is 9.59 Å². The van der Waals surface area contributed by atoms with Crippen LogP contribution in [-0.2, 0) is 19.2 Å². The normalized spacial score (nSPS) is 14.1. The number of benzene rings is 2. The number of rotatable bonds is 9. The van der Waals surface area contributed by atoms with Gasteiger partial charge < -0.3 is 10.2 Å². The van der Waals surface area contributed by atoms with Gasteiger partial charge in [-0.1, -0.05) is 66.7 Å². The van der Waals surface area contributed by atoms with Gasteiger partial charge in [0.1, 0.15) is 0 Å². The Morgan fingerprint density at radius 3 is 2.51 bits per heavy atom. The smallest absolute Gasteiger partial charge is 0.257 e. The summed E-state index contributed by atoms with van der Waals surface area (Å²) in [6.07, 6.45) is 4.37. The van der Waals surface area contributed by atoms with Crippen molar-refractivity contribution in [2.75, 3.05) is 26.2 Å². The molecule has 1 amide bonds. The molecule has 0 saturated carbocycles. The summed E-state index contributed by atoms with van der Waals surface area (Å²) >= 11 is 1.49. The average Bonchev–Trinajstić information content (AvgIpc) is 2.89. The van der Waals surface area contributed by atoms with Crippen LogP contribution in [0.2, 0.25) is 0 Å². The van der Waals surface area contributed by atoms with Crippen molar-refractivity contribution < 1.29 is 4.79 Å². The molecule has 1 saturated heterocycles. The number of hydrogen-bond donors (Lipinski definition) is 1. The maximum Gasteiger partial charge on any atom is 0.257 e. The fraction of sp³-hybridized carbons (Fsp3) is 0.393. The molecule has 3 aromatic rings. The standard InChI is InChI=1S/C28H34N4O2S/c1-21-25(19-22-11-5-3-6-12-22)27(34)31(2)28(30-21)35-20-23-13-7-8-14-24(23)26(33)29-15-18-32-16-9-4-10-17-32/h3,5-8,11-14H,4,9-10,15-20H2,1-2H3,(H,29,33). The topological polar surface area (TPSA) is 67.2 Å². The van der Waals surface area contributed by atoms with E-state index in [1.165, 1.54) is 31.0 Å². The number of thioether (sulfide) groups is 1. The Labute approximate surface area is 211 Å². The quantitative estimate of drug-likeness (QED) is 0.360. The highest BCUT2D eigenvalue weighted by atomic mass is 32.2. The fourth-order valence-corrected chi connectivity index (χ4v) is 5.49. The maximum atomic E-state index is 13.1. The monoisotopic (exact) mass is 490 g/mol. The Bertz CT molecular complexity index is 1200. The van der Waals surface area contributed by atoms with Gasteiger partial charge in [-0.15, -0.1) is 0 Å². The highest BCUT2D eigenvalue weighted by molar-refractivity contribution is 7.98. The molecule has 1 N–H and O–H groups in total. The van der Waals surface area contributed by atoms with Gasteiger partial charge in [0.15, 0.2) is 5.16 Å². The van der Waals surface area contributed by atoms with E-state index < -0.39 is 0 Å². The molecule has 7 heteroatoms. The first-order chi connectivity index (χ1) is 17.0. The molecule has 1 aliphatic heterocycles. The molecule has 4 rings (SSSR count). The van der Waals surface area contributed by atoms with Gasteiger partial charge in [-0.05, 0) is 50.0 Å². The molecule has 2 heterocycles. The van der Waals surface area contributed by atoms with Crippen LogP contribution in [0.3, 0.4) is 0 Å². The van der Waals surface area contributed by atoms with Crippen molar-refractivity contribution in [2.24, 2.45) is 7.05 Å². The first kappa shape index (κ1) is 25.2. The van der Waals surface area contributed by atoms with E-state index in [0.717, 1.165) is 42.0 Å². The second-order valence-corrected chi connectivity index (χ2v) is 10.0. The first-order valence-corrected chi connectivity index (χ1v) is 13.3. The van der Waals surface area contributed by atoms with E-state index in [2.05, 4.69) is 10.2 Å². The number of nitrogens with zero attached hydrogens (tertiary/aromatic N) is 3. The molecule has 6 nitrogen and oxygen atoms in total. The first-order valence-electron chi connectivity index (χ1n) is 12.3. The summed E-state index contributed by atoms with van der Waals surface area (Å²) in [4.78, 5) is 33.2. The third kappa shape index (κ3) is 6.61. The van der Waals surface area contributed by atoms with Gasteiger partial charge in [0.2, 0.25) is 0 Å². The summed E-state index contributed by atoms with van der Waals surface area (Å²) in [5.74, 6) is 0.516. The Kier molecular flexibility index (Phi) is 8.77. The second kappa shape index (κ2) is 12.2. The molecule has 0 unspecified atom stereocenters. The fourth-order valence-electron chi connectivity index (χ4n) is 4.48. The summed E-state index contributed by atoms with van der Waals surface area (Å²) in [5, 5.41) is 3.74. The number of carbonyl (C=O) groups excluding carboxylic acids is 1. The zero-order valence-electron chi connectivity index (χ0n) is 20.6. The lowest BCUT2D eigenvalue weighted by atomic mass is 10.1. The van der Waals surface area contributed by atoms with Crippen molar-refractivity contribution in [1.82, 2.24) is 19.8 Å². The van der Waals surface area contributed by atoms with Crippen LogP contribution in [0.4, 0.5) is 0 Å². The number of hydrogen-bond acceptors (Lipinski definition) is 5. The number of carbonyl (C=O) groups is 1. The largest absolute Gasteiger partial charge is 0.351 e. The minimum Gasteiger partial charge on any atom is -0.351 e. The van der Waals surface area contributed by atoms with E-state index in [1.807, 2.05) is 61.5 Å². The van der Waals surface area contributed by atoms with Crippen LogP contribution in [0.1, 0.15) is 52.0 Å². The Morgan fingerprint density at radius 1 is 1.03 bits per heavy atom. The van der Waals surface area contributed by atoms with Gasteiger partial charge in [-0.2, -0.15) is 0 Å². The zero-order chi connectivity index (χ0) is 24.6. The van der Waals surface area contributed by atoms with Crippen LogP contribution < -0.4 is 10.9 Å². The summed E-state index contributed by atoms with van der Waals surface area (Å²) in [5.41, 5.74) is 4.16. The number of amides is 1. The molecule has 0 bridgehead atoms. The second-order valence-electron chi connectivity index (χ2n) is 9.09. The molecule has 0 spiro atoms. The van der Waals surface area contributed by atoms with E-state index in [4.69, 9.17) is 4.98 Å². The van der Waals surface area contributed by atoms with Gasteiger partial charge in [-0.25, -0.2) is 4.98 Å². The van der Waals surface area contributed by atoms with Crippen LogP contribution >= 0.6 is 11.8 Å². The molecule has 0 aliphatic carbocycles. The number of likely N-dealkylation sites (tertiary alicyclic amines) is 1. The van der Waals surface area contributed by atoms with Gasteiger partial charge in [0.05, 0.1) is 0 Å². The van der Waals surface area contributed by atoms with Crippen molar-refractivity contribution in [3.63, 3.8) is 0 Å². The highest BCUT2D eigenvalue weighted by Gasteiger charge is 2.16. The molecule has 2 aromatic carbocycles. The van der Waals surface area contributed by atoms with Crippen LogP contribution in [0.15, 0.2) is 64.5 Å². The zero-order valence-corrected chi connectivity index (χ0v) is 21.4. The lowest BCUT2D eigenvalue weighted by molar-refractivity contribution is 0.0946. The molecule has 184 valence electrons. The van der Waals surface area contributed by atoms with E-state index in [0.29, 0.717) is 29.4 Å². The molecule has 1 aliphatic rings. The van der Waals surface area contributed by atoms with Crippen molar-refractivity contribution in [3.05, 3.63) is 92.9 Å². The molecule has 1 fully saturated rings. The van der Waals surface area contributed by atoms with Crippen molar-refractivity contribution >= 4 is 17.7 Å². The minimum atomic E-state index is -0.0468. The predicted molar refractivity (Wildman–Crippen MR) is 142 cm³/mol. The van der Waals surface area contributed by atoms with E-state index in [-0.39, 0.29) is 11.5 Å². The summed E-state index contributed by atoms with van der Waals surface area (Å²) in [6.45, 7) is 5.69. The highest BCUT2D eigenvalue weighted by Crippen LogP contribution is 2.23. The minimum absolute atomic E-state index is 0.0207. The van der Waals surface area contributed by atoms with Gasteiger partial charge >= 0.3 is 0 Å². The molecule has 0 radical (unpaired) electrons. The van der Waals surface area contributed by atoms with Crippen LogP contribution in [-0.4, -0.2) is 46.5 Å². The van der Waals surface area contributed by atoms with E-state index >= 15 is 0 Å². The number of aromatic nitrogens is 2. The maximum absolute atomic E-state index is 13.1. The molecule has 0 atom stereocenters. The van der Waals surface area contributed by atoms with Crippen LogP contribution in [0.5, 0.6) is 0 Å². The molecule has 35 heavy (non-hydrogen) atoms. The summed E-state index contributed by atoms with van der Waals surface area (Å²) in [6, 6.07) is 17.7. The Hall–Kier alpha value is -2.90. The lowest BCUT2D eigenvalue weighted by Crippen LogP contribution is -2.37. The molecular formula is C28H34N4O2S. The Balaban J connectivity index is 1.41. The van der Waals surface area contributed by atoms with Crippen LogP contribution in [0.25, 0.3) is 0 Å². The van der Waals surface area contributed by atoms with Gasteiger partial charge in [-0.3, -0.25) is 14.2 Å². The van der Waals surface area contributed by atoms with Crippen LogP contribution in [0, 0.1) is 6.92 Å². The number of nitrogens with one attached hydrogen (secondary N) is 1. The van der Waals surface area contributed by atoms with Crippen molar-refractivity contribution in [2.45, 2.75) is 43.5 Å². The van der Waals surface area contributed by atoms with Crippen molar-refractivity contribution in [3.8, 4) is 0 Å². The Morgan fingerprint density at radius 2 is 1.74 bits per heavy atom. The third-order valence-corrected chi connectivity index (χ3v) is 7.63. The number of aryl methyl sites for hydroxylation is 1. The predicted octanol–water partition coefficient (Wildman–Crippen LogP) is 4.19. The lowest BCUT2D eigenvalue weighted by Gasteiger charge is -2.26. The molecular weight excluding hydrogens is 456 g/mol. The molecule has 1 aromatic heterocycles. The SMILES string of the molecule is Cc1nc(SCc2ccccc2C(=O)NCCN2CCCCC2)n(C)c(=O)c1Cc1ccccc1. The van der Waals surface area contributed by atoms with Gasteiger partial charge in [0.25, 0.3) is 11.5 Å². The summed E-state index contributed by atoms with van der Waals surface area (Å²) in [7, 11) is 1.77. The number of piperidine rings is 1.